The number of carbonyl (C=O) groups is 1. The molecule has 3 rings (SSSR count). The molecule has 1 saturated heterocycles. The van der Waals surface area contributed by atoms with Gasteiger partial charge in [-0.3, -0.25) is 4.90 Å². The van der Waals surface area contributed by atoms with E-state index in [4.69, 9.17) is 13.9 Å². The zero-order valence-electron chi connectivity index (χ0n) is 26.3. The molecule has 3 atom stereocenters. The molecule has 2 aromatic rings. The summed E-state index contributed by atoms with van der Waals surface area (Å²) < 4.78 is 99.8. The summed E-state index contributed by atoms with van der Waals surface area (Å²) in [5.41, 5.74) is -3.51. The monoisotopic (exact) mass is 645 g/mol. The first kappa shape index (κ1) is 35.5. The van der Waals surface area contributed by atoms with E-state index < -0.39 is 67.1 Å². The van der Waals surface area contributed by atoms with Crippen molar-refractivity contribution in [2.45, 2.75) is 95.7 Å². The Morgan fingerprint density at radius 1 is 0.909 bits per heavy atom. The summed E-state index contributed by atoms with van der Waals surface area (Å²) in [6.07, 6.45) is -11.6. The summed E-state index contributed by atoms with van der Waals surface area (Å²) in [6.45, 7) is 19.3. The Labute approximate surface area is 256 Å². The van der Waals surface area contributed by atoms with Crippen molar-refractivity contribution in [3.63, 3.8) is 0 Å². The molecule has 5 nitrogen and oxygen atoms in total. The fourth-order valence-corrected chi connectivity index (χ4v) is 5.73. The molecule has 1 aliphatic heterocycles. The fraction of sp³-hybridized carbons (Fsp3) is 0.531. The van der Waals surface area contributed by atoms with Gasteiger partial charge in [0.05, 0.1) is 30.3 Å². The third-order valence-electron chi connectivity index (χ3n) is 8.03. The molecule has 1 heterocycles. The molecule has 0 bridgehead atoms. The van der Waals surface area contributed by atoms with E-state index >= 15 is 0 Å². The number of ether oxygens (including phenoxy) is 2. The molecule has 0 aromatic heterocycles. The average molecular weight is 646 g/mol. The second-order valence-corrected chi connectivity index (χ2v) is 18.4. The average Bonchev–Trinajstić information content (AvgIpc) is 3.23. The number of alkyl halides is 6. The van der Waals surface area contributed by atoms with Gasteiger partial charge in [-0.15, -0.1) is 0 Å². The summed E-state index contributed by atoms with van der Waals surface area (Å²) in [7, 11) is -2.32. The van der Waals surface area contributed by atoms with E-state index in [2.05, 4.69) is 40.4 Å². The zero-order chi connectivity index (χ0) is 33.5. The summed E-state index contributed by atoms with van der Waals surface area (Å²) in [6, 6.07) is 9.64. The van der Waals surface area contributed by atoms with Gasteiger partial charge in [-0.2, -0.15) is 26.3 Å². The number of carbonyl (C=O) groups excluding carboxylic acids is 1. The van der Waals surface area contributed by atoms with Crippen LogP contribution in [0.2, 0.25) is 18.1 Å². The van der Waals surface area contributed by atoms with Crippen molar-refractivity contribution < 1.29 is 45.0 Å². The fourth-order valence-electron chi connectivity index (χ4n) is 4.71. The molecule has 0 spiro atoms. The van der Waals surface area contributed by atoms with Crippen LogP contribution in [0.5, 0.6) is 0 Å². The first-order valence-electron chi connectivity index (χ1n) is 14.2. The number of likely N-dealkylation sites (tertiary alicyclic amines) is 1. The number of hydrogen-bond donors (Lipinski definition) is 0. The zero-order valence-corrected chi connectivity index (χ0v) is 27.3. The molecular weight excluding hydrogens is 604 g/mol. The molecule has 1 aliphatic rings. The summed E-state index contributed by atoms with van der Waals surface area (Å²) in [4.78, 5) is 15.0. The van der Waals surface area contributed by atoms with Crippen LogP contribution in [0, 0.1) is 0 Å². The van der Waals surface area contributed by atoms with Gasteiger partial charge in [0, 0.05) is 11.5 Å². The van der Waals surface area contributed by atoms with E-state index in [9.17, 15) is 31.1 Å². The molecule has 44 heavy (non-hydrogen) atoms. The third-order valence-corrected chi connectivity index (χ3v) is 12.5. The number of halogens is 6. The molecule has 244 valence electrons. The van der Waals surface area contributed by atoms with Crippen LogP contribution in [0.25, 0.3) is 5.76 Å². The van der Waals surface area contributed by atoms with E-state index in [1.165, 1.54) is 4.90 Å². The molecular formula is C32H41F6NO4Si. The molecule has 0 aliphatic carbocycles. The van der Waals surface area contributed by atoms with Gasteiger partial charge < -0.3 is 13.9 Å². The number of nitrogens with zero attached hydrogens (tertiary/aromatic N) is 1. The van der Waals surface area contributed by atoms with Crippen LogP contribution in [-0.4, -0.2) is 50.2 Å². The van der Waals surface area contributed by atoms with E-state index in [0.29, 0.717) is 12.1 Å². The van der Waals surface area contributed by atoms with Gasteiger partial charge in [-0.05, 0) is 62.7 Å². The van der Waals surface area contributed by atoms with Crippen LogP contribution in [0.15, 0.2) is 55.1 Å². The molecule has 1 amide bonds. The van der Waals surface area contributed by atoms with E-state index in [0.717, 1.165) is 5.56 Å². The lowest BCUT2D eigenvalue weighted by Crippen LogP contribution is -2.48. The van der Waals surface area contributed by atoms with Gasteiger partial charge in [-0.1, -0.05) is 57.7 Å². The van der Waals surface area contributed by atoms with Gasteiger partial charge in [0.1, 0.15) is 17.5 Å². The Bertz CT molecular complexity index is 1300. The number of benzene rings is 2. The van der Waals surface area contributed by atoms with Crippen molar-refractivity contribution in [1.29, 1.82) is 0 Å². The van der Waals surface area contributed by atoms with Gasteiger partial charge in [0.15, 0.2) is 8.32 Å². The molecule has 0 radical (unpaired) electrons. The Hall–Kier alpha value is -2.99. The Morgan fingerprint density at radius 3 is 1.89 bits per heavy atom. The predicted octanol–water partition coefficient (Wildman–Crippen LogP) is 9.50. The SMILES string of the molecule is C=C(OC1CN(C(=O)OC(C)(C)C)C(CO[Si](C)(C)C(C)(C)C)C1c1ccccc1)c1cc(C(F)(F)F)cc(C(F)(F)F)c1. The number of amides is 1. The van der Waals surface area contributed by atoms with E-state index in [1.807, 2.05) is 12.1 Å². The predicted molar refractivity (Wildman–Crippen MR) is 159 cm³/mol. The maximum atomic E-state index is 13.6. The van der Waals surface area contributed by atoms with Crippen molar-refractivity contribution in [2.24, 2.45) is 0 Å². The van der Waals surface area contributed by atoms with Gasteiger partial charge >= 0.3 is 18.4 Å². The van der Waals surface area contributed by atoms with Crippen LogP contribution >= 0.6 is 0 Å². The Kier molecular flexibility index (Phi) is 10.0. The molecule has 3 unspecified atom stereocenters. The van der Waals surface area contributed by atoms with E-state index in [1.54, 1.807) is 39.0 Å². The second-order valence-electron chi connectivity index (χ2n) is 13.6. The highest BCUT2D eigenvalue weighted by Gasteiger charge is 2.49. The highest BCUT2D eigenvalue weighted by molar-refractivity contribution is 6.74. The minimum absolute atomic E-state index is 0.0532. The molecule has 0 saturated carbocycles. The first-order valence-corrected chi connectivity index (χ1v) is 17.2. The summed E-state index contributed by atoms with van der Waals surface area (Å²) in [5.74, 6) is -0.958. The minimum Gasteiger partial charge on any atom is -0.488 e. The second kappa shape index (κ2) is 12.4. The van der Waals surface area contributed by atoms with Crippen molar-refractivity contribution in [3.8, 4) is 0 Å². The Morgan fingerprint density at radius 2 is 1.43 bits per heavy atom. The lowest BCUT2D eigenvalue weighted by molar-refractivity contribution is -0.143. The summed E-state index contributed by atoms with van der Waals surface area (Å²) >= 11 is 0. The van der Waals surface area contributed by atoms with Crippen molar-refractivity contribution in [2.75, 3.05) is 13.2 Å². The number of rotatable bonds is 7. The first-order chi connectivity index (χ1) is 19.9. The largest absolute Gasteiger partial charge is 0.488 e. The van der Waals surface area contributed by atoms with Gasteiger partial charge in [0.25, 0.3) is 0 Å². The maximum absolute atomic E-state index is 13.6. The van der Waals surface area contributed by atoms with E-state index in [-0.39, 0.29) is 30.0 Å². The van der Waals surface area contributed by atoms with Gasteiger partial charge in [-0.25, -0.2) is 4.79 Å². The minimum atomic E-state index is -5.03. The van der Waals surface area contributed by atoms with Crippen LogP contribution in [-0.2, 0) is 26.3 Å². The van der Waals surface area contributed by atoms with Crippen LogP contribution < -0.4 is 0 Å². The van der Waals surface area contributed by atoms with Crippen molar-refractivity contribution in [3.05, 3.63) is 77.4 Å². The molecule has 1 fully saturated rings. The topological polar surface area (TPSA) is 48.0 Å². The highest BCUT2D eigenvalue weighted by Crippen LogP contribution is 2.43. The molecule has 2 aromatic carbocycles. The lowest BCUT2D eigenvalue weighted by atomic mass is 9.90. The van der Waals surface area contributed by atoms with Crippen molar-refractivity contribution in [1.82, 2.24) is 4.90 Å². The Balaban J connectivity index is 2.08. The third kappa shape index (κ3) is 8.59. The number of hydrogen-bond acceptors (Lipinski definition) is 4. The molecule has 12 heteroatoms. The van der Waals surface area contributed by atoms with Crippen LogP contribution in [0.3, 0.4) is 0 Å². The van der Waals surface area contributed by atoms with Crippen molar-refractivity contribution >= 4 is 20.2 Å². The standard InChI is InChI=1S/C32H41F6NO4Si/c1-20(22-15-23(31(33,34)35)17-24(16-22)32(36,37)38)42-26-18-39(28(40)43-29(2,3)4)25(19-41-44(8,9)30(5,6)7)27(26)21-13-11-10-12-14-21/h10-17,25-27H,1,18-19H2,2-9H3. The van der Waals surface area contributed by atoms with Gasteiger partial charge in [0.2, 0.25) is 0 Å². The lowest BCUT2D eigenvalue weighted by Gasteiger charge is -2.39. The maximum Gasteiger partial charge on any atom is 0.416 e. The van der Waals surface area contributed by atoms with Crippen LogP contribution in [0.1, 0.15) is 69.7 Å². The molecule has 0 N–H and O–H groups in total. The normalized spacial score (nSPS) is 20.0. The smallest absolute Gasteiger partial charge is 0.416 e. The quantitative estimate of drug-likeness (QED) is 0.171. The summed E-state index contributed by atoms with van der Waals surface area (Å²) in [5, 5.41) is -0.144. The van der Waals surface area contributed by atoms with Crippen LogP contribution in [0.4, 0.5) is 31.1 Å². The highest BCUT2D eigenvalue weighted by atomic mass is 28.4.